The number of rotatable bonds is 8. The number of aromatic nitrogens is 3. The fourth-order valence-corrected chi connectivity index (χ4v) is 4.28. The molecule has 0 spiro atoms. The molecule has 0 unspecified atom stereocenters. The summed E-state index contributed by atoms with van der Waals surface area (Å²) in [5.74, 6) is -0.306. The van der Waals surface area contributed by atoms with E-state index in [1.165, 1.54) is 12.1 Å². The fraction of sp³-hybridized carbons (Fsp3) is 0.161. The maximum absolute atomic E-state index is 13.2. The van der Waals surface area contributed by atoms with Crippen LogP contribution in [0.3, 0.4) is 0 Å². The second kappa shape index (κ2) is 11.3. The van der Waals surface area contributed by atoms with Crippen molar-refractivity contribution in [3.63, 3.8) is 0 Å². The number of aromatic amines is 1. The second-order valence-corrected chi connectivity index (χ2v) is 9.62. The monoisotopic (exact) mass is 521 g/mol. The van der Waals surface area contributed by atoms with E-state index in [0.29, 0.717) is 46.9 Å². The Morgan fingerprint density at radius 3 is 2.33 bits per heavy atom. The summed E-state index contributed by atoms with van der Waals surface area (Å²) in [6, 6.07) is 21.1. The molecule has 3 N–H and O–H groups in total. The number of hydrogen-bond acceptors (Lipinski definition) is 4. The number of pyridine rings is 1. The van der Waals surface area contributed by atoms with Crippen LogP contribution in [0.4, 0.5) is 4.39 Å². The summed E-state index contributed by atoms with van der Waals surface area (Å²) in [6.45, 7) is 4.12. The summed E-state index contributed by atoms with van der Waals surface area (Å²) in [5.41, 5.74) is 3.61. The van der Waals surface area contributed by atoms with Gasteiger partial charge in [0.2, 0.25) is 0 Å². The highest BCUT2D eigenvalue weighted by Crippen LogP contribution is 2.25. The van der Waals surface area contributed by atoms with Crippen molar-refractivity contribution in [1.82, 2.24) is 25.6 Å². The molecule has 0 atom stereocenters. The molecule has 5 aromatic rings. The molecule has 2 amide bonds. The molecule has 196 valence electrons. The lowest BCUT2D eigenvalue weighted by Crippen LogP contribution is -2.31. The van der Waals surface area contributed by atoms with Crippen molar-refractivity contribution in [2.45, 2.75) is 26.3 Å². The molecule has 8 heteroatoms. The largest absolute Gasteiger partial charge is 0.352 e. The van der Waals surface area contributed by atoms with Crippen LogP contribution in [0, 0.1) is 5.82 Å². The molecule has 0 radical (unpaired) electrons. The number of carbonyl (C=O) groups excluding carboxylic acids is 2. The molecule has 5 rings (SSSR count). The van der Waals surface area contributed by atoms with Gasteiger partial charge in [0.25, 0.3) is 11.8 Å². The first kappa shape index (κ1) is 25.8. The zero-order valence-electron chi connectivity index (χ0n) is 21.7. The van der Waals surface area contributed by atoms with Gasteiger partial charge in [-0.15, -0.1) is 0 Å². The minimum atomic E-state index is -0.312. The van der Waals surface area contributed by atoms with Crippen LogP contribution in [0.2, 0.25) is 0 Å². The number of H-pyrrole nitrogens is 1. The van der Waals surface area contributed by atoms with Crippen molar-refractivity contribution in [2.75, 3.05) is 6.54 Å². The van der Waals surface area contributed by atoms with E-state index in [4.69, 9.17) is 0 Å². The first-order valence-electron chi connectivity index (χ1n) is 12.7. The molecule has 2 aromatic heterocycles. The average molecular weight is 522 g/mol. The van der Waals surface area contributed by atoms with Gasteiger partial charge < -0.3 is 15.6 Å². The molecule has 7 nitrogen and oxygen atoms in total. The van der Waals surface area contributed by atoms with Gasteiger partial charge in [0.1, 0.15) is 11.5 Å². The molecule has 2 heterocycles. The van der Waals surface area contributed by atoms with Gasteiger partial charge in [0.05, 0.1) is 11.9 Å². The van der Waals surface area contributed by atoms with Crippen molar-refractivity contribution < 1.29 is 14.0 Å². The Kier molecular flexibility index (Phi) is 7.45. The average Bonchev–Trinajstić information content (AvgIpc) is 3.44. The van der Waals surface area contributed by atoms with Gasteiger partial charge in [-0.05, 0) is 67.6 Å². The molecular weight excluding hydrogens is 493 g/mol. The third-order valence-electron chi connectivity index (χ3n) is 6.25. The van der Waals surface area contributed by atoms with E-state index in [0.717, 1.165) is 16.3 Å². The quantitative estimate of drug-likeness (QED) is 0.250. The fourth-order valence-electron chi connectivity index (χ4n) is 4.28. The molecule has 39 heavy (non-hydrogen) atoms. The van der Waals surface area contributed by atoms with Gasteiger partial charge in [-0.3, -0.25) is 14.6 Å². The summed E-state index contributed by atoms with van der Waals surface area (Å²) in [6.07, 6.45) is 4.02. The Morgan fingerprint density at radius 2 is 1.59 bits per heavy atom. The number of amides is 2. The molecule has 0 saturated heterocycles. The summed E-state index contributed by atoms with van der Waals surface area (Å²) in [7, 11) is 0. The Bertz CT molecular complexity index is 1640. The second-order valence-electron chi connectivity index (χ2n) is 9.62. The van der Waals surface area contributed by atoms with Crippen molar-refractivity contribution in [1.29, 1.82) is 0 Å². The van der Waals surface area contributed by atoms with Crippen LogP contribution in [-0.2, 0) is 6.42 Å². The maximum atomic E-state index is 13.2. The molecule has 0 aliphatic carbocycles. The molecule has 3 aromatic carbocycles. The van der Waals surface area contributed by atoms with E-state index in [2.05, 4.69) is 25.6 Å². The van der Waals surface area contributed by atoms with Gasteiger partial charge in [-0.1, -0.05) is 36.4 Å². The van der Waals surface area contributed by atoms with Crippen molar-refractivity contribution >= 4 is 22.6 Å². The predicted octanol–water partition coefficient (Wildman–Crippen LogP) is 5.54. The highest BCUT2D eigenvalue weighted by Gasteiger charge is 2.16. The molecule has 0 saturated carbocycles. The third-order valence-corrected chi connectivity index (χ3v) is 6.25. The highest BCUT2D eigenvalue weighted by molar-refractivity contribution is 6.01. The molecule has 0 aliphatic rings. The maximum Gasteiger partial charge on any atom is 0.251 e. The molecule has 0 fully saturated rings. The van der Waals surface area contributed by atoms with Crippen molar-refractivity contribution in [2.24, 2.45) is 0 Å². The van der Waals surface area contributed by atoms with Crippen LogP contribution >= 0.6 is 0 Å². The van der Waals surface area contributed by atoms with Crippen molar-refractivity contribution in [3.05, 3.63) is 108 Å². The van der Waals surface area contributed by atoms with Crippen molar-refractivity contribution in [3.8, 4) is 22.8 Å². The van der Waals surface area contributed by atoms with E-state index < -0.39 is 0 Å². The van der Waals surface area contributed by atoms with Crippen LogP contribution in [0.15, 0.2) is 85.2 Å². The van der Waals surface area contributed by atoms with E-state index >= 15 is 0 Å². The van der Waals surface area contributed by atoms with Gasteiger partial charge >= 0.3 is 0 Å². The van der Waals surface area contributed by atoms with E-state index in [-0.39, 0.29) is 23.7 Å². The van der Waals surface area contributed by atoms with E-state index in [9.17, 15) is 14.0 Å². The normalized spacial score (nSPS) is 11.1. The number of halogens is 1. The minimum Gasteiger partial charge on any atom is -0.352 e. The van der Waals surface area contributed by atoms with Gasteiger partial charge in [-0.25, -0.2) is 9.37 Å². The van der Waals surface area contributed by atoms with Gasteiger partial charge in [-0.2, -0.15) is 0 Å². The third kappa shape index (κ3) is 6.18. The van der Waals surface area contributed by atoms with Crippen LogP contribution in [0.1, 0.15) is 40.1 Å². The SMILES string of the molecule is CC(C)NC(=O)c1cc(C(=O)NCCc2ccc(F)cc2)cc(-c2cnc(-c3cc4ccccc4cn3)[nH]2)c1. The molecule has 0 bridgehead atoms. The number of nitrogens with zero attached hydrogens (tertiary/aromatic N) is 2. The summed E-state index contributed by atoms with van der Waals surface area (Å²) >= 11 is 0. The van der Waals surface area contributed by atoms with Crippen LogP contribution in [-0.4, -0.2) is 39.4 Å². The smallest absolute Gasteiger partial charge is 0.251 e. The van der Waals surface area contributed by atoms with Crippen LogP contribution < -0.4 is 10.6 Å². The first-order chi connectivity index (χ1) is 18.9. The van der Waals surface area contributed by atoms with Crippen LogP contribution in [0.25, 0.3) is 33.5 Å². The summed E-state index contributed by atoms with van der Waals surface area (Å²) in [5, 5.41) is 7.86. The number of hydrogen-bond donors (Lipinski definition) is 3. The Hall–Kier alpha value is -4.85. The lowest BCUT2D eigenvalue weighted by atomic mass is 10.0. The number of nitrogens with one attached hydrogen (secondary N) is 3. The predicted molar refractivity (Wildman–Crippen MR) is 150 cm³/mol. The Balaban J connectivity index is 1.41. The van der Waals surface area contributed by atoms with Gasteiger partial charge in [0, 0.05) is 40.9 Å². The Labute approximate surface area is 225 Å². The molecular formula is C31H28FN5O2. The number of benzene rings is 3. The zero-order chi connectivity index (χ0) is 27.4. The van der Waals surface area contributed by atoms with E-state index in [1.807, 2.05) is 44.2 Å². The molecule has 0 aliphatic heterocycles. The summed E-state index contributed by atoms with van der Waals surface area (Å²) in [4.78, 5) is 38.3. The number of carbonyl (C=O) groups is 2. The standard InChI is InChI=1S/C31H28FN5O2/c1-19(2)36-31(39)25-14-23(13-24(15-25)30(38)33-12-11-20-7-9-26(32)10-8-20)28-18-35-29(37-28)27-16-21-5-3-4-6-22(21)17-34-27/h3-10,13-19H,11-12H2,1-2H3,(H,33,38)(H,35,37)(H,36,39). The number of imidazole rings is 1. The minimum absolute atomic E-state index is 0.0631. The van der Waals surface area contributed by atoms with Gasteiger partial charge in [0.15, 0.2) is 5.82 Å². The van der Waals surface area contributed by atoms with Crippen LogP contribution in [0.5, 0.6) is 0 Å². The number of fused-ring (bicyclic) bond motifs is 1. The summed E-state index contributed by atoms with van der Waals surface area (Å²) < 4.78 is 13.2. The topological polar surface area (TPSA) is 99.8 Å². The lowest BCUT2D eigenvalue weighted by molar-refractivity contribution is 0.0943. The first-order valence-corrected chi connectivity index (χ1v) is 12.7. The zero-order valence-corrected chi connectivity index (χ0v) is 21.7. The lowest BCUT2D eigenvalue weighted by Gasteiger charge is -2.12. The Morgan fingerprint density at radius 1 is 0.872 bits per heavy atom. The van der Waals surface area contributed by atoms with E-state index in [1.54, 1.807) is 42.7 Å². The highest BCUT2D eigenvalue weighted by atomic mass is 19.1.